The minimum Gasteiger partial charge on any atom is -0.310 e. The lowest BCUT2D eigenvalue weighted by Gasteiger charge is -2.09. The van der Waals surface area contributed by atoms with Crippen molar-refractivity contribution in [2.24, 2.45) is 0 Å². The molecule has 0 aromatic carbocycles. The van der Waals surface area contributed by atoms with Crippen LogP contribution in [0.5, 0.6) is 0 Å². The predicted molar refractivity (Wildman–Crippen MR) is 45.8 cm³/mol. The standard InChI is InChI=1S/C9H12FNO/c1-6(2)11-5-7(3)4-8(10)9(11)12/h4-6H,1-3H3. The summed E-state index contributed by atoms with van der Waals surface area (Å²) < 4.78 is 14.3. The molecular formula is C9H12FNO. The number of hydrogen-bond acceptors (Lipinski definition) is 1. The molecule has 3 heteroatoms. The topological polar surface area (TPSA) is 22.0 Å². The molecule has 2 nitrogen and oxygen atoms in total. The highest BCUT2D eigenvalue weighted by atomic mass is 19.1. The van der Waals surface area contributed by atoms with Crippen LogP contribution in [-0.2, 0) is 0 Å². The number of rotatable bonds is 1. The van der Waals surface area contributed by atoms with E-state index in [0.29, 0.717) is 0 Å². The molecule has 0 N–H and O–H groups in total. The molecule has 1 aromatic rings. The lowest BCUT2D eigenvalue weighted by Crippen LogP contribution is -2.24. The van der Waals surface area contributed by atoms with Gasteiger partial charge in [-0.2, -0.15) is 0 Å². The van der Waals surface area contributed by atoms with E-state index in [2.05, 4.69) is 0 Å². The van der Waals surface area contributed by atoms with Crippen molar-refractivity contribution >= 4 is 0 Å². The summed E-state index contributed by atoms with van der Waals surface area (Å²) in [5, 5.41) is 0. The van der Waals surface area contributed by atoms with Crippen LogP contribution in [0.15, 0.2) is 17.1 Å². The van der Waals surface area contributed by atoms with E-state index in [1.807, 2.05) is 13.8 Å². The molecule has 0 saturated heterocycles. The largest absolute Gasteiger partial charge is 0.310 e. The molecule has 12 heavy (non-hydrogen) atoms. The number of aromatic nitrogens is 1. The van der Waals surface area contributed by atoms with Gasteiger partial charge in [0.15, 0.2) is 5.82 Å². The van der Waals surface area contributed by atoms with Gasteiger partial charge in [-0.1, -0.05) is 0 Å². The van der Waals surface area contributed by atoms with Gasteiger partial charge in [0, 0.05) is 12.2 Å². The van der Waals surface area contributed by atoms with Gasteiger partial charge in [0.25, 0.3) is 5.56 Å². The Bertz CT molecular complexity index is 341. The van der Waals surface area contributed by atoms with Crippen molar-refractivity contribution in [3.63, 3.8) is 0 Å². The lowest BCUT2D eigenvalue weighted by molar-refractivity contribution is 0.523. The molecule has 0 aliphatic carbocycles. The van der Waals surface area contributed by atoms with Crippen LogP contribution in [0.25, 0.3) is 0 Å². The third-order valence-corrected chi connectivity index (χ3v) is 1.69. The van der Waals surface area contributed by atoms with Crippen LogP contribution in [0.1, 0.15) is 25.5 Å². The smallest absolute Gasteiger partial charge is 0.286 e. The molecule has 0 radical (unpaired) electrons. The third-order valence-electron chi connectivity index (χ3n) is 1.69. The molecule has 0 saturated carbocycles. The highest BCUT2D eigenvalue weighted by Gasteiger charge is 2.05. The second-order valence-electron chi connectivity index (χ2n) is 3.17. The monoisotopic (exact) mass is 169 g/mol. The lowest BCUT2D eigenvalue weighted by atomic mass is 10.3. The molecule has 0 atom stereocenters. The van der Waals surface area contributed by atoms with Gasteiger partial charge in [0.1, 0.15) is 0 Å². The van der Waals surface area contributed by atoms with Crippen LogP contribution >= 0.6 is 0 Å². The first kappa shape index (κ1) is 8.97. The van der Waals surface area contributed by atoms with E-state index in [-0.39, 0.29) is 6.04 Å². The molecule has 0 fully saturated rings. The van der Waals surface area contributed by atoms with E-state index in [1.54, 1.807) is 13.1 Å². The maximum atomic E-state index is 12.9. The minimum absolute atomic E-state index is 0.00639. The van der Waals surface area contributed by atoms with Crippen LogP contribution in [-0.4, -0.2) is 4.57 Å². The fourth-order valence-corrected chi connectivity index (χ4v) is 1.08. The summed E-state index contributed by atoms with van der Waals surface area (Å²) in [7, 11) is 0. The van der Waals surface area contributed by atoms with Crippen LogP contribution in [0, 0.1) is 12.7 Å². The van der Waals surface area contributed by atoms with Gasteiger partial charge < -0.3 is 4.57 Å². The zero-order valence-corrected chi connectivity index (χ0v) is 7.47. The summed E-state index contributed by atoms with van der Waals surface area (Å²) >= 11 is 0. The molecule has 66 valence electrons. The van der Waals surface area contributed by atoms with Crippen LogP contribution in [0.2, 0.25) is 0 Å². The highest BCUT2D eigenvalue weighted by molar-refractivity contribution is 5.09. The predicted octanol–water partition coefficient (Wildman–Crippen LogP) is 1.88. The summed E-state index contributed by atoms with van der Waals surface area (Å²) in [5.41, 5.74) is 0.219. The Labute approximate surface area is 70.6 Å². The maximum absolute atomic E-state index is 12.9. The van der Waals surface area contributed by atoms with Crippen LogP contribution in [0.3, 0.4) is 0 Å². The SMILES string of the molecule is Cc1cc(F)c(=O)n(C(C)C)c1. The van der Waals surface area contributed by atoms with Crippen molar-refractivity contribution in [3.05, 3.63) is 34.0 Å². The number of aryl methyl sites for hydroxylation is 1. The Balaban J connectivity index is 3.38. The van der Waals surface area contributed by atoms with E-state index in [0.717, 1.165) is 5.56 Å². The van der Waals surface area contributed by atoms with Crippen molar-refractivity contribution < 1.29 is 4.39 Å². The highest BCUT2D eigenvalue weighted by Crippen LogP contribution is 2.03. The van der Waals surface area contributed by atoms with Crippen molar-refractivity contribution in [2.45, 2.75) is 26.8 Å². The molecule has 1 aromatic heterocycles. The van der Waals surface area contributed by atoms with Gasteiger partial charge in [0.2, 0.25) is 0 Å². The van der Waals surface area contributed by atoms with Gasteiger partial charge in [-0.25, -0.2) is 4.39 Å². The first-order valence-electron chi connectivity index (χ1n) is 3.90. The zero-order chi connectivity index (χ0) is 9.30. The summed E-state index contributed by atoms with van der Waals surface area (Å²) in [4.78, 5) is 11.2. The Hall–Kier alpha value is -1.12. The fourth-order valence-electron chi connectivity index (χ4n) is 1.08. The van der Waals surface area contributed by atoms with Gasteiger partial charge in [-0.3, -0.25) is 4.79 Å². The molecule has 1 heterocycles. The molecule has 0 amide bonds. The van der Waals surface area contributed by atoms with E-state index in [1.165, 1.54) is 10.6 Å². The number of hydrogen-bond donors (Lipinski definition) is 0. The van der Waals surface area contributed by atoms with E-state index < -0.39 is 11.4 Å². The molecule has 0 spiro atoms. The number of nitrogens with zero attached hydrogens (tertiary/aromatic N) is 1. The molecule has 0 unspecified atom stereocenters. The Morgan fingerprint density at radius 1 is 1.50 bits per heavy atom. The Morgan fingerprint density at radius 2 is 2.08 bits per heavy atom. The van der Waals surface area contributed by atoms with Gasteiger partial charge in [-0.15, -0.1) is 0 Å². The molecular weight excluding hydrogens is 157 g/mol. The Kier molecular flexibility index (Phi) is 2.31. The quantitative estimate of drug-likeness (QED) is 0.629. The molecule has 1 rings (SSSR count). The van der Waals surface area contributed by atoms with Crippen molar-refractivity contribution in [1.82, 2.24) is 4.57 Å². The fraction of sp³-hybridized carbons (Fsp3) is 0.444. The molecule has 0 aliphatic heterocycles. The van der Waals surface area contributed by atoms with Crippen molar-refractivity contribution in [1.29, 1.82) is 0 Å². The maximum Gasteiger partial charge on any atom is 0.286 e. The summed E-state index contributed by atoms with van der Waals surface area (Å²) in [6.45, 7) is 5.46. The van der Waals surface area contributed by atoms with E-state index in [4.69, 9.17) is 0 Å². The van der Waals surface area contributed by atoms with Crippen LogP contribution < -0.4 is 5.56 Å². The van der Waals surface area contributed by atoms with Gasteiger partial charge >= 0.3 is 0 Å². The minimum atomic E-state index is -0.677. The second kappa shape index (κ2) is 3.09. The molecule has 0 bridgehead atoms. The van der Waals surface area contributed by atoms with Crippen molar-refractivity contribution in [2.75, 3.05) is 0 Å². The van der Waals surface area contributed by atoms with E-state index in [9.17, 15) is 9.18 Å². The van der Waals surface area contributed by atoms with E-state index >= 15 is 0 Å². The molecule has 0 aliphatic rings. The van der Waals surface area contributed by atoms with Gasteiger partial charge in [-0.05, 0) is 32.4 Å². The second-order valence-corrected chi connectivity index (χ2v) is 3.17. The number of halogens is 1. The average molecular weight is 169 g/mol. The summed E-state index contributed by atoms with van der Waals surface area (Å²) in [6.07, 6.45) is 1.66. The summed E-state index contributed by atoms with van der Waals surface area (Å²) in [6, 6.07) is 1.26. The summed E-state index contributed by atoms with van der Waals surface area (Å²) in [5.74, 6) is -0.677. The number of pyridine rings is 1. The Morgan fingerprint density at radius 3 is 2.58 bits per heavy atom. The first-order valence-corrected chi connectivity index (χ1v) is 3.90. The van der Waals surface area contributed by atoms with Gasteiger partial charge in [0.05, 0.1) is 0 Å². The van der Waals surface area contributed by atoms with Crippen molar-refractivity contribution in [3.8, 4) is 0 Å². The zero-order valence-electron chi connectivity index (χ0n) is 7.47. The first-order chi connectivity index (χ1) is 5.52. The van der Waals surface area contributed by atoms with Crippen LogP contribution in [0.4, 0.5) is 4.39 Å². The normalized spacial score (nSPS) is 10.8. The third kappa shape index (κ3) is 1.55. The average Bonchev–Trinajstić information content (AvgIpc) is 1.96.